The van der Waals surface area contributed by atoms with Crippen molar-refractivity contribution in [2.45, 2.75) is 13.0 Å². The number of hydroxylamine groups is 1. The highest BCUT2D eigenvalue weighted by Crippen LogP contribution is 2.35. The van der Waals surface area contributed by atoms with Crippen LogP contribution in [0.2, 0.25) is 0 Å². The van der Waals surface area contributed by atoms with Crippen LogP contribution in [0.25, 0.3) is 0 Å². The number of phenols is 1. The number of aromatic hydroxyl groups is 1. The minimum atomic E-state index is -0.893. The molecule has 0 fully saturated rings. The fraction of sp³-hybridized carbons (Fsp3) is 0.158. The average molecular weight is 514 g/mol. The Kier molecular flexibility index (Phi) is 8.04. The second kappa shape index (κ2) is 10.3. The van der Waals surface area contributed by atoms with Gasteiger partial charge in [-0.2, -0.15) is 0 Å². The molecule has 2 atom stereocenters. The van der Waals surface area contributed by atoms with Crippen molar-refractivity contribution in [3.63, 3.8) is 0 Å². The molecule has 0 aliphatic carbocycles. The number of amides is 2. The third kappa shape index (κ3) is 6.36. The SMILES string of the molecule is C[C@@H](/C=C/C(=O)NO)[C@@H](OC(=O)Nc1ccc(Br)cc1)c1cc(Br)ccc1O. The van der Waals surface area contributed by atoms with Crippen molar-refractivity contribution in [2.24, 2.45) is 5.92 Å². The van der Waals surface area contributed by atoms with Crippen molar-refractivity contribution >= 4 is 49.5 Å². The van der Waals surface area contributed by atoms with E-state index in [1.165, 1.54) is 17.6 Å². The van der Waals surface area contributed by atoms with Crippen molar-refractivity contribution in [3.8, 4) is 5.75 Å². The largest absolute Gasteiger partial charge is 0.508 e. The van der Waals surface area contributed by atoms with Crippen molar-refractivity contribution in [1.29, 1.82) is 0 Å². The molecule has 0 saturated carbocycles. The van der Waals surface area contributed by atoms with Gasteiger partial charge in [-0.25, -0.2) is 10.3 Å². The Labute approximate surface area is 178 Å². The van der Waals surface area contributed by atoms with Gasteiger partial charge in [-0.3, -0.25) is 15.3 Å². The van der Waals surface area contributed by atoms with Crippen LogP contribution in [0.3, 0.4) is 0 Å². The summed E-state index contributed by atoms with van der Waals surface area (Å²) in [7, 11) is 0. The summed E-state index contributed by atoms with van der Waals surface area (Å²) in [6.07, 6.45) is 0.959. The number of rotatable bonds is 6. The minimum Gasteiger partial charge on any atom is -0.508 e. The monoisotopic (exact) mass is 512 g/mol. The van der Waals surface area contributed by atoms with Crippen LogP contribution in [0.15, 0.2) is 63.6 Å². The molecule has 0 aromatic heterocycles. The lowest BCUT2D eigenvalue weighted by molar-refractivity contribution is -0.124. The Morgan fingerprint density at radius 1 is 1.11 bits per heavy atom. The molecule has 2 rings (SSSR count). The van der Waals surface area contributed by atoms with Gasteiger partial charge in [0.15, 0.2) is 0 Å². The van der Waals surface area contributed by atoms with E-state index in [2.05, 4.69) is 37.2 Å². The van der Waals surface area contributed by atoms with E-state index in [-0.39, 0.29) is 5.75 Å². The maximum Gasteiger partial charge on any atom is 0.412 e. The summed E-state index contributed by atoms with van der Waals surface area (Å²) in [5.41, 5.74) is 2.39. The highest BCUT2D eigenvalue weighted by atomic mass is 79.9. The second-order valence-electron chi connectivity index (χ2n) is 5.86. The van der Waals surface area contributed by atoms with Gasteiger partial charge >= 0.3 is 6.09 Å². The molecule has 2 amide bonds. The molecule has 0 aliphatic heterocycles. The van der Waals surface area contributed by atoms with Crippen molar-refractivity contribution in [1.82, 2.24) is 5.48 Å². The summed E-state index contributed by atoms with van der Waals surface area (Å²) in [6, 6.07) is 11.7. The summed E-state index contributed by atoms with van der Waals surface area (Å²) in [4.78, 5) is 23.7. The first-order valence-electron chi connectivity index (χ1n) is 8.14. The van der Waals surface area contributed by atoms with Crippen molar-refractivity contribution < 1.29 is 24.6 Å². The molecule has 0 heterocycles. The van der Waals surface area contributed by atoms with E-state index in [1.807, 2.05) is 0 Å². The number of halogens is 2. The van der Waals surface area contributed by atoms with Gasteiger partial charge in [-0.05, 0) is 42.5 Å². The third-order valence-corrected chi connectivity index (χ3v) is 4.78. The Morgan fingerprint density at radius 2 is 1.75 bits per heavy atom. The van der Waals surface area contributed by atoms with Crippen LogP contribution in [0.5, 0.6) is 5.75 Å². The molecule has 148 valence electrons. The van der Waals surface area contributed by atoms with Crippen molar-refractivity contribution in [3.05, 3.63) is 69.1 Å². The molecule has 0 unspecified atom stereocenters. The molecule has 0 aliphatic rings. The molecule has 0 saturated heterocycles. The standard InChI is InChI=1S/C19H18Br2N2O5/c1-11(2-9-17(25)23-27)18(15-10-13(21)5-8-16(15)24)28-19(26)22-14-6-3-12(20)4-7-14/h2-11,18,24,27H,1H3,(H,22,26)(H,23,25)/b9-2+/t11-,18+/m0/s1. The maximum atomic E-state index is 12.4. The first-order valence-corrected chi connectivity index (χ1v) is 9.72. The summed E-state index contributed by atoms with van der Waals surface area (Å²) in [6.45, 7) is 1.71. The Morgan fingerprint density at radius 3 is 2.39 bits per heavy atom. The van der Waals surface area contributed by atoms with Gasteiger partial charge in [0.05, 0.1) is 0 Å². The highest BCUT2D eigenvalue weighted by Gasteiger charge is 2.25. The zero-order chi connectivity index (χ0) is 20.7. The second-order valence-corrected chi connectivity index (χ2v) is 7.69. The molecule has 28 heavy (non-hydrogen) atoms. The van der Waals surface area contributed by atoms with E-state index in [0.717, 1.165) is 10.5 Å². The minimum absolute atomic E-state index is 0.0588. The zero-order valence-corrected chi connectivity index (χ0v) is 17.9. The molecule has 0 spiro atoms. The summed E-state index contributed by atoms with van der Waals surface area (Å²) < 4.78 is 7.10. The average Bonchev–Trinajstić information content (AvgIpc) is 2.67. The number of carbonyl (C=O) groups is 2. The van der Waals surface area contributed by atoms with E-state index < -0.39 is 24.0 Å². The van der Waals surface area contributed by atoms with E-state index in [9.17, 15) is 14.7 Å². The molecule has 7 nitrogen and oxygen atoms in total. The number of carbonyl (C=O) groups excluding carboxylic acids is 2. The number of hydrogen-bond acceptors (Lipinski definition) is 5. The van der Waals surface area contributed by atoms with Crippen LogP contribution in [0.4, 0.5) is 10.5 Å². The van der Waals surface area contributed by atoms with Crippen LogP contribution >= 0.6 is 31.9 Å². The number of nitrogens with one attached hydrogen (secondary N) is 2. The molecule has 0 bridgehead atoms. The fourth-order valence-electron chi connectivity index (χ4n) is 2.38. The fourth-order valence-corrected chi connectivity index (χ4v) is 3.02. The van der Waals surface area contributed by atoms with E-state index in [4.69, 9.17) is 9.94 Å². The van der Waals surface area contributed by atoms with Gasteiger partial charge in [0.25, 0.3) is 5.91 Å². The highest BCUT2D eigenvalue weighted by molar-refractivity contribution is 9.10. The zero-order valence-electron chi connectivity index (χ0n) is 14.7. The molecule has 2 aromatic carbocycles. The Balaban J connectivity index is 2.25. The van der Waals surface area contributed by atoms with Crippen LogP contribution in [0, 0.1) is 5.92 Å². The smallest absolute Gasteiger partial charge is 0.412 e. The molecule has 2 aromatic rings. The van der Waals surface area contributed by atoms with Crippen LogP contribution in [0.1, 0.15) is 18.6 Å². The number of ether oxygens (including phenoxy) is 1. The first kappa shape index (κ1) is 21.9. The predicted octanol–water partition coefficient (Wildman–Crippen LogP) is 4.90. The summed E-state index contributed by atoms with van der Waals surface area (Å²) in [5, 5.41) is 21.5. The van der Waals surface area contributed by atoms with Gasteiger partial charge in [0, 0.05) is 32.2 Å². The third-order valence-electron chi connectivity index (χ3n) is 3.76. The molecule has 9 heteroatoms. The van der Waals surface area contributed by atoms with E-state index >= 15 is 0 Å². The van der Waals surface area contributed by atoms with E-state index in [1.54, 1.807) is 43.3 Å². The van der Waals surface area contributed by atoms with Gasteiger partial charge in [0.2, 0.25) is 0 Å². The van der Waals surface area contributed by atoms with E-state index in [0.29, 0.717) is 15.7 Å². The lowest BCUT2D eigenvalue weighted by Crippen LogP contribution is -2.22. The van der Waals surface area contributed by atoms with Gasteiger partial charge < -0.3 is 9.84 Å². The first-order chi connectivity index (χ1) is 13.3. The summed E-state index contributed by atoms with van der Waals surface area (Å²) >= 11 is 6.64. The van der Waals surface area contributed by atoms with Crippen molar-refractivity contribution in [2.75, 3.05) is 5.32 Å². The topological polar surface area (TPSA) is 108 Å². The predicted molar refractivity (Wildman–Crippen MR) is 111 cm³/mol. The lowest BCUT2D eigenvalue weighted by Gasteiger charge is -2.23. The van der Waals surface area contributed by atoms with Crippen LogP contribution in [-0.4, -0.2) is 22.3 Å². The molecule has 0 radical (unpaired) electrons. The molecular weight excluding hydrogens is 496 g/mol. The number of phenolic OH excluding ortho intramolecular Hbond substituents is 1. The number of hydrogen-bond donors (Lipinski definition) is 4. The maximum absolute atomic E-state index is 12.4. The Bertz CT molecular complexity index is 871. The lowest BCUT2D eigenvalue weighted by atomic mass is 9.96. The van der Waals surface area contributed by atoms with Crippen LogP contribution in [-0.2, 0) is 9.53 Å². The van der Waals surface area contributed by atoms with Gasteiger partial charge in [0.1, 0.15) is 11.9 Å². The van der Waals surface area contributed by atoms with Gasteiger partial charge in [-0.1, -0.05) is 44.9 Å². The number of anilines is 1. The molecule has 4 N–H and O–H groups in total. The van der Waals surface area contributed by atoms with Gasteiger partial charge in [-0.15, -0.1) is 0 Å². The summed E-state index contributed by atoms with van der Waals surface area (Å²) in [5.74, 6) is -1.27. The normalized spacial score (nSPS) is 13.0. The number of benzene rings is 2. The molecular formula is C19H18Br2N2O5. The Hall–Kier alpha value is -2.36. The van der Waals surface area contributed by atoms with Crippen LogP contribution < -0.4 is 10.8 Å². The quantitative estimate of drug-likeness (QED) is 0.249.